The van der Waals surface area contributed by atoms with E-state index in [0.717, 1.165) is 38.0 Å². The third-order valence-electron chi connectivity index (χ3n) is 3.69. The minimum atomic E-state index is 0.658. The second-order valence-electron chi connectivity index (χ2n) is 5.37. The molecule has 2 aromatic heterocycles. The Bertz CT molecular complexity index is 983. The highest BCUT2D eigenvalue weighted by molar-refractivity contribution is 7.13. The standard InChI is InChI=1S/C19H14ClN3S/c20-14-6-3-5-13(11-14)12-21-18-15-7-1-2-8-16(15)22-19(23-18)17-9-4-10-24-17/h1-11H,12H2,(H,21,22,23). The van der Waals surface area contributed by atoms with Gasteiger partial charge in [-0.25, -0.2) is 9.97 Å². The fraction of sp³-hybridized carbons (Fsp3) is 0.0526. The average Bonchev–Trinajstić information content (AvgIpc) is 3.14. The third-order valence-corrected chi connectivity index (χ3v) is 4.79. The van der Waals surface area contributed by atoms with E-state index in [1.807, 2.05) is 66.0 Å². The van der Waals surface area contributed by atoms with Crippen LogP contribution in [-0.4, -0.2) is 9.97 Å². The maximum atomic E-state index is 6.06. The summed E-state index contributed by atoms with van der Waals surface area (Å²) in [4.78, 5) is 10.5. The minimum Gasteiger partial charge on any atom is -0.365 e. The van der Waals surface area contributed by atoms with Gasteiger partial charge in [-0.1, -0.05) is 41.9 Å². The summed E-state index contributed by atoms with van der Waals surface area (Å²) in [5, 5.41) is 7.21. The molecule has 4 rings (SSSR count). The normalized spacial score (nSPS) is 10.9. The second kappa shape index (κ2) is 6.59. The Morgan fingerprint density at radius 2 is 1.88 bits per heavy atom. The molecule has 0 radical (unpaired) electrons. The molecular weight excluding hydrogens is 338 g/mol. The van der Waals surface area contributed by atoms with Crippen molar-refractivity contribution < 1.29 is 0 Å². The number of fused-ring (bicyclic) bond motifs is 1. The Hall–Kier alpha value is -2.43. The van der Waals surface area contributed by atoms with Crippen LogP contribution in [0.4, 0.5) is 5.82 Å². The lowest BCUT2D eigenvalue weighted by molar-refractivity contribution is 1.11. The van der Waals surface area contributed by atoms with Crippen LogP contribution in [0.2, 0.25) is 5.02 Å². The predicted octanol–water partition coefficient (Wildman–Crippen LogP) is 5.62. The molecule has 0 saturated heterocycles. The van der Waals surface area contributed by atoms with Crippen molar-refractivity contribution in [3.8, 4) is 10.7 Å². The van der Waals surface area contributed by atoms with Crippen LogP contribution >= 0.6 is 22.9 Å². The average molecular weight is 352 g/mol. The van der Waals surface area contributed by atoms with E-state index in [1.165, 1.54) is 0 Å². The Morgan fingerprint density at radius 1 is 0.958 bits per heavy atom. The van der Waals surface area contributed by atoms with Crippen LogP contribution < -0.4 is 5.32 Å². The molecule has 0 amide bonds. The van der Waals surface area contributed by atoms with E-state index in [4.69, 9.17) is 16.6 Å². The Labute approximate surface area is 149 Å². The first-order valence-electron chi connectivity index (χ1n) is 7.58. The molecule has 2 heterocycles. The van der Waals surface area contributed by atoms with E-state index in [1.54, 1.807) is 11.3 Å². The van der Waals surface area contributed by atoms with Crippen LogP contribution in [0.3, 0.4) is 0 Å². The van der Waals surface area contributed by atoms with Gasteiger partial charge in [0.1, 0.15) is 5.82 Å². The molecule has 0 aliphatic heterocycles. The molecule has 118 valence electrons. The van der Waals surface area contributed by atoms with Crippen LogP contribution in [0.15, 0.2) is 66.0 Å². The molecule has 4 aromatic rings. The number of hydrogen-bond donors (Lipinski definition) is 1. The molecule has 0 spiro atoms. The van der Waals surface area contributed by atoms with Crippen LogP contribution in [0, 0.1) is 0 Å². The number of benzene rings is 2. The zero-order valence-electron chi connectivity index (χ0n) is 12.7. The van der Waals surface area contributed by atoms with E-state index in [0.29, 0.717) is 6.54 Å². The molecule has 2 aromatic carbocycles. The van der Waals surface area contributed by atoms with Crippen molar-refractivity contribution in [2.75, 3.05) is 5.32 Å². The Kier molecular flexibility index (Phi) is 4.15. The molecule has 1 N–H and O–H groups in total. The van der Waals surface area contributed by atoms with Crippen LogP contribution in [0.1, 0.15) is 5.56 Å². The number of nitrogens with zero attached hydrogens (tertiary/aromatic N) is 2. The molecule has 0 saturated carbocycles. The van der Waals surface area contributed by atoms with Gasteiger partial charge in [0.25, 0.3) is 0 Å². The SMILES string of the molecule is Clc1cccc(CNc2nc(-c3cccs3)nc3ccccc23)c1. The minimum absolute atomic E-state index is 0.658. The van der Waals surface area contributed by atoms with Gasteiger partial charge >= 0.3 is 0 Å². The van der Waals surface area contributed by atoms with Crippen molar-refractivity contribution in [1.29, 1.82) is 0 Å². The largest absolute Gasteiger partial charge is 0.365 e. The monoisotopic (exact) mass is 351 g/mol. The van der Waals surface area contributed by atoms with Gasteiger partial charge in [0, 0.05) is 17.0 Å². The summed E-state index contributed by atoms with van der Waals surface area (Å²) in [6.45, 7) is 0.658. The number of para-hydroxylation sites is 1. The topological polar surface area (TPSA) is 37.8 Å². The van der Waals surface area contributed by atoms with Gasteiger partial charge in [0.15, 0.2) is 5.82 Å². The van der Waals surface area contributed by atoms with Crippen molar-refractivity contribution in [3.63, 3.8) is 0 Å². The fourth-order valence-corrected chi connectivity index (χ4v) is 3.43. The van der Waals surface area contributed by atoms with E-state index >= 15 is 0 Å². The van der Waals surface area contributed by atoms with Crippen molar-refractivity contribution in [1.82, 2.24) is 9.97 Å². The number of rotatable bonds is 4. The Balaban J connectivity index is 1.73. The van der Waals surface area contributed by atoms with Gasteiger partial charge in [-0.3, -0.25) is 0 Å². The second-order valence-corrected chi connectivity index (χ2v) is 6.76. The first-order valence-corrected chi connectivity index (χ1v) is 8.84. The Morgan fingerprint density at radius 3 is 2.71 bits per heavy atom. The summed E-state index contributed by atoms with van der Waals surface area (Å²) in [6.07, 6.45) is 0. The highest BCUT2D eigenvalue weighted by Gasteiger charge is 2.09. The predicted molar refractivity (Wildman–Crippen MR) is 102 cm³/mol. The van der Waals surface area contributed by atoms with Gasteiger partial charge in [0.2, 0.25) is 0 Å². The van der Waals surface area contributed by atoms with Crippen LogP contribution in [0.25, 0.3) is 21.6 Å². The lowest BCUT2D eigenvalue weighted by Crippen LogP contribution is -2.04. The van der Waals surface area contributed by atoms with Crippen molar-refractivity contribution in [3.05, 3.63) is 76.6 Å². The van der Waals surface area contributed by atoms with Gasteiger partial charge < -0.3 is 5.32 Å². The fourth-order valence-electron chi connectivity index (χ4n) is 2.56. The first-order chi connectivity index (χ1) is 11.8. The highest BCUT2D eigenvalue weighted by Crippen LogP contribution is 2.27. The van der Waals surface area contributed by atoms with E-state index in [9.17, 15) is 0 Å². The van der Waals surface area contributed by atoms with Crippen molar-refractivity contribution >= 4 is 39.7 Å². The number of halogens is 1. The van der Waals surface area contributed by atoms with E-state index in [2.05, 4.69) is 10.3 Å². The highest BCUT2D eigenvalue weighted by atomic mass is 35.5. The molecule has 3 nitrogen and oxygen atoms in total. The van der Waals surface area contributed by atoms with Gasteiger partial charge in [-0.2, -0.15) is 0 Å². The molecule has 0 fully saturated rings. The quantitative estimate of drug-likeness (QED) is 0.518. The number of anilines is 1. The summed E-state index contributed by atoms with van der Waals surface area (Å²) < 4.78 is 0. The van der Waals surface area contributed by atoms with Crippen LogP contribution in [0.5, 0.6) is 0 Å². The third kappa shape index (κ3) is 3.11. The van der Waals surface area contributed by atoms with E-state index < -0.39 is 0 Å². The molecule has 0 bridgehead atoms. The molecule has 0 unspecified atom stereocenters. The van der Waals surface area contributed by atoms with Gasteiger partial charge in [-0.05, 0) is 41.3 Å². The first kappa shape index (κ1) is 15.1. The summed E-state index contributed by atoms with van der Waals surface area (Å²) in [7, 11) is 0. The van der Waals surface area contributed by atoms with Crippen LogP contribution in [-0.2, 0) is 6.54 Å². The zero-order valence-corrected chi connectivity index (χ0v) is 14.3. The summed E-state index contributed by atoms with van der Waals surface area (Å²) in [6, 6.07) is 19.9. The summed E-state index contributed by atoms with van der Waals surface area (Å²) >= 11 is 7.70. The lowest BCUT2D eigenvalue weighted by Gasteiger charge is -2.10. The smallest absolute Gasteiger partial charge is 0.172 e. The maximum absolute atomic E-state index is 6.06. The molecule has 0 aliphatic rings. The molecule has 5 heteroatoms. The number of hydrogen-bond acceptors (Lipinski definition) is 4. The number of aromatic nitrogens is 2. The number of thiophene rings is 1. The van der Waals surface area contributed by atoms with Crippen molar-refractivity contribution in [2.45, 2.75) is 6.54 Å². The van der Waals surface area contributed by atoms with Gasteiger partial charge in [-0.15, -0.1) is 11.3 Å². The number of nitrogens with one attached hydrogen (secondary N) is 1. The van der Waals surface area contributed by atoms with E-state index in [-0.39, 0.29) is 0 Å². The van der Waals surface area contributed by atoms with Gasteiger partial charge in [0.05, 0.1) is 10.4 Å². The molecule has 0 atom stereocenters. The molecular formula is C19H14ClN3S. The zero-order chi connectivity index (χ0) is 16.4. The summed E-state index contributed by atoms with van der Waals surface area (Å²) in [5.41, 5.74) is 2.05. The molecule has 0 aliphatic carbocycles. The summed E-state index contributed by atoms with van der Waals surface area (Å²) in [5.74, 6) is 1.58. The van der Waals surface area contributed by atoms with Crippen molar-refractivity contribution in [2.24, 2.45) is 0 Å². The maximum Gasteiger partial charge on any atom is 0.172 e. The molecule has 24 heavy (non-hydrogen) atoms. The lowest BCUT2D eigenvalue weighted by atomic mass is 10.2.